The topological polar surface area (TPSA) is 89.3 Å². The first kappa shape index (κ1) is 16.0. The van der Waals surface area contributed by atoms with Crippen LogP contribution in [0.25, 0.3) is 0 Å². The highest BCUT2D eigenvalue weighted by atomic mass is 32.2. The second kappa shape index (κ2) is 6.17. The minimum atomic E-state index is -3.58. The molecule has 1 aliphatic carbocycles. The van der Waals surface area contributed by atoms with Crippen molar-refractivity contribution < 1.29 is 17.7 Å². The third kappa shape index (κ3) is 3.64. The maximum atomic E-state index is 12.4. The highest BCUT2D eigenvalue weighted by molar-refractivity contribution is 7.92. The molecule has 1 aromatic rings. The van der Waals surface area contributed by atoms with Gasteiger partial charge in [0.1, 0.15) is 11.0 Å². The third-order valence-electron chi connectivity index (χ3n) is 4.14. The maximum Gasteiger partial charge on any atom is 0.238 e. The van der Waals surface area contributed by atoms with E-state index < -0.39 is 21.0 Å². The van der Waals surface area contributed by atoms with Gasteiger partial charge in [-0.2, -0.15) is 0 Å². The van der Waals surface area contributed by atoms with Crippen LogP contribution < -0.4 is 5.32 Å². The molecule has 1 amide bonds. The van der Waals surface area contributed by atoms with Crippen molar-refractivity contribution in [1.82, 2.24) is 10.5 Å². The smallest absolute Gasteiger partial charge is 0.238 e. The molecule has 1 aromatic heterocycles. The minimum Gasteiger partial charge on any atom is -0.361 e. The third-order valence-corrected chi connectivity index (χ3v) is 6.12. The van der Waals surface area contributed by atoms with E-state index in [4.69, 9.17) is 4.52 Å². The molecule has 1 N–H and O–H groups in total. The van der Waals surface area contributed by atoms with E-state index in [-0.39, 0.29) is 11.8 Å². The molecule has 0 aliphatic heterocycles. The molecule has 1 atom stereocenters. The fourth-order valence-electron chi connectivity index (χ4n) is 2.59. The molecule has 0 radical (unpaired) electrons. The summed E-state index contributed by atoms with van der Waals surface area (Å²) in [5.41, 5.74) is 1.11. The zero-order chi connectivity index (χ0) is 15.6. The Balaban J connectivity index is 2.05. The van der Waals surface area contributed by atoms with E-state index in [1.54, 1.807) is 13.8 Å². The molecule has 0 spiro atoms. The normalized spacial score (nSPS) is 17.9. The molecule has 6 nitrogen and oxygen atoms in total. The Morgan fingerprint density at radius 1 is 1.38 bits per heavy atom. The standard InChI is InChI=1S/C14H22N2O4S/c1-9-13(10(2)20-16-9)8-21(18,19)11(3)14(17)15-12-6-4-5-7-12/h11-12H,4-8H2,1-3H3,(H,15,17)/t11-/m0/s1. The van der Waals surface area contributed by atoms with Crippen LogP contribution in [0.4, 0.5) is 0 Å². The number of hydrogen-bond donors (Lipinski definition) is 1. The van der Waals surface area contributed by atoms with Crippen molar-refractivity contribution in [1.29, 1.82) is 0 Å². The van der Waals surface area contributed by atoms with Gasteiger partial charge >= 0.3 is 0 Å². The van der Waals surface area contributed by atoms with Crippen LogP contribution in [0, 0.1) is 13.8 Å². The number of carbonyl (C=O) groups excluding carboxylic acids is 1. The number of hydrogen-bond acceptors (Lipinski definition) is 5. The highest BCUT2D eigenvalue weighted by Crippen LogP contribution is 2.20. The quantitative estimate of drug-likeness (QED) is 0.892. The SMILES string of the molecule is Cc1noc(C)c1CS(=O)(=O)[C@@H](C)C(=O)NC1CCCC1. The van der Waals surface area contributed by atoms with Gasteiger partial charge in [0, 0.05) is 11.6 Å². The van der Waals surface area contributed by atoms with E-state index in [0.29, 0.717) is 17.0 Å². The fraction of sp³-hybridized carbons (Fsp3) is 0.714. The molecule has 7 heteroatoms. The average molecular weight is 314 g/mol. The first-order chi connectivity index (χ1) is 9.81. The zero-order valence-electron chi connectivity index (χ0n) is 12.7. The predicted octanol–water partition coefficient (Wildman–Crippen LogP) is 1.65. The predicted molar refractivity (Wildman–Crippen MR) is 78.5 cm³/mol. The van der Waals surface area contributed by atoms with Crippen molar-refractivity contribution in [2.45, 2.75) is 63.5 Å². The molecule has 0 unspecified atom stereocenters. The second-order valence-electron chi connectivity index (χ2n) is 5.74. The van der Waals surface area contributed by atoms with Crippen LogP contribution in [0.3, 0.4) is 0 Å². The molecule has 1 aliphatic rings. The van der Waals surface area contributed by atoms with Crippen LogP contribution >= 0.6 is 0 Å². The second-order valence-corrected chi connectivity index (χ2v) is 8.06. The number of nitrogens with zero attached hydrogens (tertiary/aromatic N) is 1. The van der Waals surface area contributed by atoms with Crippen LogP contribution in [0.1, 0.15) is 49.6 Å². The van der Waals surface area contributed by atoms with Gasteiger partial charge in [-0.25, -0.2) is 8.42 Å². The molecule has 1 heterocycles. The van der Waals surface area contributed by atoms with E-state index >= 15 is 0 Å². The Labute approximate surface area is 125 Å². The van der Waals surface area contributed by atoms with Gasteiger partial charge in [-0.05, 0) is 33.6 Å². The number of nitrogens with one attached hydrogen (secondary N) is 1. The van der Waals surface area contributed by atoms with Crippen molar-refractivity contribution in [3.8, 4) is 0 Å². The lowest BCUT2D eigenvalue weighted by atomic mass is 10.2. The number of aromatic nitrogens is 1. The van der Waals surface area contributed by atoms with Gasteiger partial charge in [0.15, 0.2) is 9.84 Å². The Bertz CT molecular complexity index is 595. The number of amides is 1. The van der Waals surface area contributed by atoms with Crippen molar-refractivity contribution in [3.05, 3.63) is 17.0 Å². The van der Waals surface area contributed by atoms with E-state index in [9.17, 15) is 13.2 Å². The van der Waals surface area contributed by atoms with Gasteiger partial charge in [0.2, 0.25) is 5.91 Å². The lowest BCUT2D eigenvalue weighted by molar-refractivity contribution is -0.121. The molecule has 0 bridgehead atoms. The molecule has 21 heavy (non-hydrogen) atoms. The average Bonchev–Trinajstić information content (AvgIpc) is 3.03. The molecule has 118 valence electrons. The summed E-state index contributed by atoms with van der Waals surface area (Å²) in [6, 6.07) is 0.120. The summed E-state index contributed by atoms with van der Waals surface area (Å²) in [5, 5.41) is 5.52. The first-order valence-electron chi connectivity index (χ1n) is 7.25. The molecule has 1 fully saturated rings. The Kier molecular flexibility index (Phi) is 4.70. The molecule has 2 rings (SSSR count). The number of sulfone groups is 1. The van der Waals surface area contributed by atoms with Crippen LogP contribution in [0.2, 0.25) is 0 Å². The largest absolute Gasteiger partial charge is 0.361 e. The van der Waals surface area contributed by atoms with Gasteiger partial charge in [0.05, 0.1) is 11.4 Å². The monoisotopic (exact) mass is 314 g/mol. The van der Waals surface area contributed by atoms with E-state index in [2.05, 4.69) is 10.5 Å². The molecule has 0 aromatic carbocycles. The lowest BCUT2D eigenvalue weighted by Gasteiger charge is -2.17. The fourth-order valence-corrected chi connectivity index (χ4v) is 4.04. The van der Waals surface area contributed by atoms with E-state index in [1.165, 1.54) is 6.92 Å². The lowest BCUT2D eigenvalue weighted by Crippen LogP contribution is -2.42. The number of aryl methyl sites for hydroxylation is 2. The zero-order valence-corrected chi connectivity index (χ0v) is 13.5. The summed E-state index contributed by atoms with van der Waals surface area (Å²) in [6.07, 6.45) is 4.04. The summed E-state index contributed by atoms with van der Waals surface area (Å²) in [7, 11) is -3.58. The summed E-state index contributed by atoms with van der Waals surface area (Å²) in [5.74, 6) is -0.138. The highest BCUT2D eigenvalue weighted by Gasteiger charge is 2.31. The van der Waals surface area contributed by atoms with Crippen molar-refractivity contribution >= 4 is 15.7 Å². The Morgan fingerprint density at radius 3 is 2.52 bits per heavy atom. The summed E-state index contributed by atoms with van der Waals surface area (Å²) in [6.45, 7) is 4.82. The van der Waals surface area contributed by atoms with Crippen LogP contribution in [0.5, 0.6) is 0 Å². The minimum absolute atomic E-state index is 0.120. The number of carbonyl (C=O) groups is 1. The molecule has 1 saturated carbocycles. The van der Waals surface area contributed by atoms with E-state index in [1.807, 2.05) is 0 Å². The summed E-state index contributed by atoms with van der Waals surface area (Å²) < 4.78 is 29.7. The molecular weight excluding hydrogens is 292 g/mol. The molecular formula is C14H22N2O4S. The van der Waals surface area contributed by atoms with Gasteiger partial charge in [-0.3, -0.25) is 4.79 Å². The summed E-state index contributed by atoms with van der Waals surface area (Å²) >= 11 is 0. The Hall–Kier alpha value is -1.37. The van der Waals surface area contributed by atoms with Gasteiger partial charge in [-0.1, -0.05) is 18.0 Å². The van der Waals surface area contributed by atoms with Crippen molar-refractivity contribution in [3.63, 3.8) is 0 Å². The van der Waals surface area contributed by atoms with Gasteiger partial charge in [-0.15, -0.1) is 0 Å². The van der Waals surface area contributed by atoms with Crippen LogP contribution in [-0.2, 0) is 20.4 Å². The first-order valence-corrected chi connectivity index (χ1v) is 8.96. The maximum absolute atomic E-state index is 12.4. The Morgan fingerprint density at radius 2 is 2.00 bits per heavy atom. The van der Waals surface area contributed by atoms with Crippen LogP contribution in [-0.4, -0.2) is 30.8 Å². The van der Waals surface area contributed by atoms with Gasteiger partial charge < -0.3 is 9.84 Å². The molecule has 0 saturated heterocycles. The van der Waals surface area contributed by atoms with Crippen molar-refractivity contribution in [2.24, 2.45) is 0 Å². The van der Waals surface area contributed by atoms with E-state index in [0.717, 1.165) is 25.7 Å². The summed E-state index contributed by atoms with van der Waals surface area (Å²) in [4.78, 5) is 12.1. The van der Waals surface area contributed by atoms with Gasteiger partial charge in [0.25, 0.3) is 0 Å². The van der Waals surface area contributed by atoms with Crippen LogP contribution in [0.15, 0.2) is 4.52 Å². The van der Waals surface area contributed by atoms with Crippen molar-refractivity contribution in [2.75, 3.05) is 0 Å². The number of rotatable bonds is 5.